The van der Waals surface area contributed by atoms with E-state index in [1.54, 1.807) is 0 Å². The number of rotatable bonds is 6. The molecule has 0 saturated carbocycles. The van der Waals surface area contributed by atoms with Crippen molar-refractivity contribution in [1.82, 2.24) is 30.6 Å². The van der Waals surface area contributed by atoms with Gasteiger partial charge in [-0.15, -0.1) is 10.2 Å². The van der Waals surface area contributed by atoms with Crippen LogP contribution < -0.4 is 21.8 Å². The molecular formula is C16H26N8O4. The minimum atomic E-state index is -0.336. The Balaban J connectivity index is 0.00000111. The number of hydrogen-bond donors (Lipinski definition) is 4. The molecule has 0 aliphatic carbocycles. The molecule has 2 heterocycles. The van der Waals surface area contributed by atoms with E-state index in [1.165, 1.54) is 6.20 Å². The van der Waals surface area contributed by atoms with Crippen LogP contribution in [0.1, 0.15) is 13.3 Å². The standard InChI is InChI=1S/C14H14N6O2.C2H8N2.2H2O/c1-2-7-22-11-6-4-3-5-9(11)12-15-8-10(14(21)16-12)13-17-19-20-18-13;3-1-2-4;;/h3-6,8H,2,7H2,1H3,(H,15,16,21)(H,17,18,19,20);1-4H2;2*1H2. The predicted octanol–water partition coefficient (Wildman–Crippen LogP) is -1.34. The number of ether oxygens (including phenoxy) is 1. The van der Waals surface area contributed by atoms with E-state index in [2.05, 4.69) is 30.6 Å². The second-order valence-corrected chi connectivity index (χ2v) is 5.13. The maximum atomic E-state index is 12.2. The number of hydrogen-bond acceptors (Lipinski definition) is 8. The lowest BCUT2D eigenvalue weighted by molar-refractivity contribution is 0.318. The number of nitrogens with zero attached hydrogens (tertiary/aromatic N) is 4. The van der Waals surface area contributed by atoms with Gasteiger partial charge in [0, 0.05) is 19.3 Å². The zero-order chi connectivity index (χ0) is 18.8. The number of tetrazole rings is 1. The molecule has 0 aliphatic heterocycles. The molecule has 0 unspecified atom stereocenters. The number of aromatic nitrogens is 6. The summed E-state index contributed by atoms with van der Waals surface area (Å²) >= 11 is 0. The van der Waals surface area contributed by atoms with E-state index < -0.39 is 0 Å². The van der Waals surface area contributed by atoms with Gasteiger partial charge < -0.3 is 32.1 Å². The molecule has 28 heavy (non-hydrogen) atoms. The Labute approximate surface area is 161 Å². The van der Waals surface area contributed by atoms with Gasteiger partial charge in [0.2, 0.25) is 5.82 Å². The number of aromatic amines is 2. The topological polar surface area (TPSA) is 224 Å². The fourth-order valence-corrected chi connectivity index (χ4v) is 1.97. The van der Waals surface area contributed by atoms with Crippen molar-refractivity contribution < 1.29 is 15.7 Å². The van der Waals surface area contributed by atoms with Crippen molar-refractivity contribution in [2.45, 2.75) is 13.3 Å². The Morgan fingerprint density at radius 2 is 1.82 bits per heavy atom. The predicted molar refractivity (Wildman–Crippen MR) is 105 cm³/mol. The monoisotopic (exact) mass is 394 g/mol. The molecule has 10 N–H and O–H groups in total. The van der Waals surface area contributed by atoms with Crippen molar-refractivity contribution >= 4 is 0 Å². The van der Waals surface area contributed by atoms with E-state index in [-0.39, 0.29) is 27.9 Å². The lowest BCUT2D eigenvalue weighted by Gasteiger charge is -2.10. The molecular weight excluding hydrogens is 368 g/mol. The summed E-state index contributed by atoms with van der Waals surface area (Å²) < 4.78 is 5.68. The molecule has 3 rings (SSSR count). The molecule has 0 amide bonds. The minimum Gasteiger partial charge on any atom is -0.493 e. The van der Waals surface area contributed by atoms with Crippen molar-refractivity contribution in [3.05, 3.63) is 40.8 Å². The van der Waals surface area contributed by atoms with Gasteiger partial charge in [-0.3, -0.25) is 4.79 Å². The van der Waals surface area contributed by atoms with E-state index in [9.17, 15) is 4.79 Å². The van der Waals surface area contributed by atoms with Gasteiger partial charge in [-0.1, -0.05) is 19.1 Å². The van der Waals surface area contributed by atoms with Crippen molar-refractivity contribution in [2.75, 3.05) is 19.7 Å². The minimum absolute atomic E-state index is 0. The normalized spacial score (nSPS) is 9.39. The highest BCUT2D eigenvalue weighted by atomic mass is 16.5. The van der Waals surface area contributed by atoms with Crippen molar-refractivity contribution in [1.29, 1.82) is 0 Å². The number of nitrogens with one attached hydrogen (secondary N) is 2. The van der Waals surface area contributed by atoms with Crippen LogP contribution in [0, 0.1) is 0 Å². The molecule has 0 atom stereocenters. The highest BCUT2D eigenvalue weighted by molar-refractivity contribution is 5.65. The summed E-state index contributed by atoms with van der Waals surface area (Å²) in [4.78, 5) is 19.2. The molecule has 12 nitrogen and oxygen atoms in total. The van der Waals surface area contributed by atoms with E-state index in [1.807, 2.05) is 31.2 Å². The molecule has 0 spiro atoms. The van der Waals surface area contributed by atoms with Crippen molar-refractivity contribution in [3.8, 4) is 28.5 Å². The summed E-state index contributed by atoms with van der Waals surface area (Å²) in [6.07, 6.45) is 2.32. The van der Waals surface area contributed by atoms with Crippen LogP contribution in [0.15, 0.2) is 35.3 Å². The Kier molecular flexibility index (Phi) is 11.6. The fraction of sp³-hybridized carbons (Fsp3) is 0.312. The van der Waals surface area contributed by atoms with E-state index in [0.29, 0.717) is 31.3 Å². The first kappa shape index (κ1) is 24.8. The zero-order valence-electron chi connectivity index (χ0n) is 15.5. The second kappa shape index (κ2) is 13.1. The Bertz CT molecular complexity index is 852. The Hall–Kier alpha value is -3.19. The summed E-state index contributed by atoms with van der Waals surface area (Å²) in [5.41, 5.74) is 10.5. The smallest absolute Gasteiger partial charge is 0.262 e. The molecule has 0 saturated heterocycles. The summed E-state index contributed by atoms with van der Waals surface area (Å²) in [5.74, 6) is 1.32. The van der Waals surface area contributed by atoms with Crippen LogP contribution in [-0.4, -0.2) is 61.2 Å². The maximum absolute atomic E-state index is 12.2. The van der Waals surface area contributed by atoms with Crippen LogP contribution >= 0.6 is 0 Å². The zero-order valence-corrected chi connectivity index (χ0v) is 15.5. The third-order valence-corrected chi connectivity index (χ3v) is 3.16. The average Bonchev–Trinajstić information content (AvgIpc) is 3.21. The molecule has 12 heteroatoms. The van der Waals surface area contributed by atoms with Crippen LogP contribution in [0.5, 0.6) is 5.75 Å². The molecule has 0 bridgehead atoms. The summed E-state index contributed by atoms with van der Waals surface area (Å²) in [6.45, 7) is 3.82. The molecule has 2 aromatic heterocycles. The Morgan fingerprint density at radius 3 is 2.39 bits per heavy atom. The largest absolute Gasteiger partial charge is 0.493 e. The van der Waals surface area contributed by atoms with Crippen molar-refractivity contribution in [2.24, 2.45) is 11.5 Å². The highest BCUT2D eigenvalue weighted by Crippen LogP contribution is 2.26. The Morgan fingerprint density at radius 1 is 1.11 bits per heavy atom. The SMILES string of the molecule is CCCOc1ccccc1-c1ncc(-c2nn[nH]n2)c(=O)[nH]1.NCCN.O.O. The van der Waals surface area contributed by atoms with E-state index in [4.69, 9.17) is 16.2 Å². The molecule has 154 valence electrons. The molecule has 3 aromatic rings. The van der Waals surface area contributed by atoms with Gasteiger partial charge in [0.25, 0.3) is 5.56 Å². The van der Waals surface area contributed by atoms with Gasteiger partial charge in [0.05, 0.1) is 12.2 Å². The van der Waals surface area contributed by atoms with E-state index >= 15 is 0 Å². The van der Waals surface area contributed by atoms with Gasteiger partial charge in [-0.05, 0) is 23.8 Å². The van der Waals surface area contributed by atoms with Gasteiger partial charge in [0.15, 0.2) is 0 Å². The van der Waals surface area contributed by atoms with Gasteiger partial charge in [-0.2, -0.15) is 5.21 Å². The van der Waals surface area contributed by atoms with Crippen LogP contribution in [0.25, 0.3) is 22.8 Å². The maximum Gasteiger partial charge on any atom is 0.262 e. The molecule has 0 fully saturated rings. The van der Waals surface area contributed by atoms with E-state index in [0.717, 1.165) is 12.0 Å². The molecule has 0 radical (unpaired) electrons. The summed E-state index contributed by atoms with van der Waals surface area (Å²) in [5, 5.41) is 13.3. The van der Waals surface area contributed by atoms with Gasteiger partial charge >= 0.3 is 0 Å². The van der Waals surface area contributed by atoms with Crippen LogP contribution in [0.3, 0.4) is 0 Å². The quantitative estimate of drug-likeness (QED) is 0.390. The fourth-order valence-electron chi connectivity index (χ4n) is 1.97. The van der Waals surface area contributed by atoms with Crippen molar-refractivity contribution in [3.63, 3.8) is 0 Å². The average molecular weight is 394 g/mol. The molecule has 0 aliphatic rings. The first-order valence-corrected chi connectivity index (χ1v) is 8.16. The first-order valence-electron chi connectivity index (χ1n) is 8.16. The van der Waals surface area contributed by atoms with Gasteiger partial charge in [0.1, 0.15) is 17.1 Å². The van der Waals surface area contributed by atoms with Crippen LogP contribution in [0.2, 0.25) is 0 Å². The van der Waals surface area contributed by atoms with Crippen LogP contribution in [-0.2, 0) is 0 Å². The molecule has 1 aromatic carbocycles. The number of benzene rings is 1. The number of H-pyrrole nitrogens is 2. The highest BCUT2D eigenvalue weighted by Gasteiger charge is 2.13. The number of para-hydroxylation sites is 1. The lowest BCUT2D eigenvalue weighted by Crippen LogP contribution is -2.12. The van der Waals surface area contributed by atoms with Gasteiger partial charge in [-0.25, -0.2) is 4.98 Å². The third kappa shape index (κ3) is 6.51. The first-order chi connectivity index (χ1) is 12.7. The lowest BCUT2D eigenvalue weighted by atomic mass is 10.2. The summed E-state index contributed by atoms with van der Waals surface area (Å²) in [6, 6.07) is 7.43. The number of nitrogens with two attached hydrogens (primary N) is 2. The third-order valence-electron chi connectivity index (χ3n) is 3.16. The van der Waals surface area contributed by atoms with Crippen LogP contribution in [0.4, 0.5) is 0 Å². The second-order valence-electron chi connectivity index (χ2n) is 5.13. The summed E-state index contributed by atoms with van der Waals surface area (Å²) in [7, 11) is 0.